The van der Waals surface area contributed by atoms with E-state index in [1.54, 1.807) is 0 Å². The number of hydrogen-bond donors (Lipinski definition) is 0. The molecule has 0 fully saturated rings. The van der Waals surface area contributed by atoms with Crippen LogP contribution < -0.4 is 0 Å². The molecule has 1 unspecified atom stereocenters. The van der Waals surface area contributed by atoms with E-state index in [1.807, 2.05) is 0 Å². The predicted molar refractivity (Wildman–Crippen MR) is 63.8 cm³/mol. The zero-order valence-electron chi connectivity index (χ0n) is 9.33. The summed E-state index contributed by atoms with van der Waals surface area (Å²) in [5.41, 5.74) is 3.96. The summed E-state index contributed by atoms with van der Waals surface area (Å²) >= 11 is 5.94. The molecular formula is C13H15ClO2. The van der Waals surface area contributed by atoms with Crippen LogP contribution in [0.3, 0.4) is 0 Å². The highest BCUT2D eigenvalue weighted by atomic mass is 35.5. The Morgan fingerprint density at radius 1 is 1.44 bits per heavy atom. The monoisotopic (exact) mass is 238 g/mol. The van der Waals surface area contributed by atoms with E-state index in [4.69, 9.17) is 11.6 Å². The van der Waals surface area contributed by atoms with E-state index >= 15 is 0 Å². The lowest BCUT2D eigenvalue weighted by molar-refractivity contribution is -0.140. The highest BCUT2D eigenvalue weighted by Crippen LogP contribution is 2.23. The van der Waals surface area contributed by atoms with Crippen LogP contribution in [-0.4, -0.2) is 18.5 Å². The molecule has 1 aliphatic rings. The number of benzene rings is 1. The highest BCUT2D eigenvalue weighted by Gasteiger charge is 2.17. The Morgan fingerprint density at radius 2 is 2.19 bits per heavy atom. The first-order valence-corrected chi connectivity index (χ1v) is 5.97. The van der Waals surface area contributed by atoms with Gasteiger partial charge in [0.2, 0.25) is 0 Å². The fourth-order valence-corrected chi connectivity index (χ4v) is 2.44. The molecule has 86 valence electrons. The molecule has 0 radical (unpaired) electrons. The third kappa shape index (κ3) is 2.38. The molecule has 0 aliphatic heterocycles. The summed E-state index contributed by atoms with van der Waals surface area (Å²) in [6.45, 7) is 0. The first-order chi connectivity index (χ1) is 7.70. The van der Waals surface area contributed by atoms with E-state index < -0.39 is 5.38 Å². The number of esters is 1. The lowest BCUT2D eigenvalue weighted by Crippen LogP contribution is -2.18. The van der Waals surface area contributed by atoms with Gasteiger partial charge in [0, 0.05) is 0 Å². The summed E-state index contributed by atoms with van der Waals surface area (Å²) in [5, 5.41) is -0.579. The van der Waals surface area contributed by atoms with Gasteiger partial charge in [-0.1, -0.05) is 18.2 Å². The third-order valence-electron chi connectivity index (χ3n) is 3.03. The van der Waals surface area contributed by atoms with Crippen molar-refractivity contribution in [3.05, 3.63) is 34.9 Å². The maximum Gasteiger partial charge on any atom is 0.324 e. The van der Waals surface area contributed by atoms with Gasteiger partial charge in [-0.3, -0.25) is 4.79 Å². The summed E-state index contributed by atoms with van der Waals surface area (Å²) in [6, 6.07) is 6.38. The van der Waals surface area contributed by atoms with Crippen LogP contribution >= 0.6 is 11.6 Å². The topological polar surface area (TPSA) is 26.3 Å². The molecule has 1 aromatic rings. The van der Waals surface area contributed by atoms with Gasteiger partial charge in [-0.15, -0.1) is 11.6 Å². The predicted octanol–water partition coefficient (Wildman–Crippen LogP) is 2.50. The Hall–Kier alpha value is -1.02. The lowest BCUT2D eigenvalue weighted by Gasteiger charge is -2.08. The van der Waals surface area contributed by atoms with Gasteiger partial charge in [0.15, 0.2) is 0 Å². The molecule has 0 bridgehead atoms. The smallest absolute Gasteiger partial charge is 0.324 e. The number of hydrogen-bond acceptors (Lipinski definition) is 2. The van der Waals surface area contributed by atoms with Crippen molar-refractivity contribution in [2.24, 2.45) is 0 Å². The first-order valence-electron chi connectivity index (χ1n) is 5.53. The van der Waals surface area contributed by atoms with E-state index in [9.17, 15) is 4.79 Å². The van der Waals surface area contributed by atoms with Crippen LogP contribution in [0.1, 0.15) is 23.1 Å². The van der Waals surface area contributed by atoms with Crippen LogP contribution in [0.15, 0.2) is 18.2 Å². The van der Waals surface area contributed by atoms with E-state index in [0.717, 1.165) is 12.0 Å². The molecule has 0 aromatic heterocycles. The minimum absolute atomic E-state index is 0.359. The second-order valence-electron chi connectivity index (χ2n) is 4.15. The van der Waals surface area contributed by atoms with Gasteiger partial charge in [-0.2, -0.15) is 0 Å². The highest BCUT2D eigenvalue weighted by molar-refractivity contribution is 6.30. The van der Waals surface area contributed by atoms with Gasteiger partial charge < -0.3 is 4.74 Å². The van der Waals surface area contributed by atoms with E-state index in [-0.39, 0.29) is 5.97 Å². The van der Waals surface area contributed by atoms with Crippen LogP contribution in [0.2, 0.25) is 0 Å². The van der Waals surface area contributed by atoms with Gasteiger partial charge in [0.05, 0.1) is 7.11 Å². The normalized spacial score (nSPS) is 15.6. The van der Waals surface area contributed by atoms with Gasteiger partial charge in [0.1, 0.15) is 5.38 Å². The molecule has 0 heterocycles. The molecule has 3 heteroatoms. The Bertz CT molecular complexity index is 401. The van der Waals surface area contributed by atoms with Crippen LogP contribution in [-0.2, 0) is 28.8 Å². The summed E-state index contributed by atoms with van der Waals surface area (Å²) in [7, 11) is 1.36. The number of alkyl halides is 1. The number of carbonyl (C=O) groups excluding carboxylic acids is 1. The van der Waals surface area contributed by atoms with E-state index in [0.29, 0.717) is 6.42 Å². The zero-order valence-corrected chi connectivity index (χ0v) is 10.1. The fourth-order valence-electron chi connectivity index (χ4n) is 2.17. The molecule has 1 aromatic carbocycles. The number of rotatable bonds is 3. The van der Waals surface area contributed by atoms with Crippen molar-refractivity contribution in [2.75, 3.05) is 7.11 Å². The second kappa shape index (κ2) is 4.88. The first kappa shape index (κ1) is 11.5. The van der Waals surface area contributed by atoms with E-state index in [2.05, 4.69) is 22.9 Å². The quantitative estimate of drug-likeness (QED) is 0.598. The van der Waals surface area contributed by atoms with Crippen LogP contribution in [0.4, 0.5) is 0 Å². The summed E-state index contributed by atoms with van der Waals surface area (Å²) < 4.78 is 4.61. The van der Waals surface area contributed by atoms with Gasteiger partial charge in [0.25, 0.3) is 0 Å². The zero-order chi connectivity index (χ0) is 11.5. The maximum atomic E-state index is 11.2. The third-order valence-corrected chi connectivity index (χ3v) is 3.37. The van der Waals surface area contributed by atoms with Crippen molar-refractivity contribution in [1.29, 1.82) is 0 Å². The molecule has 2 rings (SSSR count). The average Bonchev–Trinajstić information content (AvgIpc) is 2.75. The Kier molecular flexibility index (Phi) is 3.49. The number of ether oxygens (including phenoxy) is 1. The molecule has 16 heavy (non-hydrogen) atoms. The van der Waals surface area contributed by atoms with Crippen molar-refractivity contribution in [3.8, 4) is 0 Å². The number of halogens is 1. The van der Waals surface area contributed by atoms with Crippen LogP contribution in [0, 0.1) is 0 Å². The van der Waals surface area contributed by atoms with Gasteiger partial charge >= 0.3 is 5.97 Å². The molecule has 0 saturated heterocycles. The van der Waals surface area contributed by atoms with Crippen LogP contribution in [0.25, 0.3) is 0 Å². The van der Waals surface area contributed by atoms with Crippen molar-refractivity contribution in [2.45, 2.75) is 31.1 Å². The molecule has 1 atom stereocenters. The number of carbonyl (C=O) groups is 1. The Balaban J connectivity index is 2.08. The minimum atomic E-state index is -0.579. The van der Waals surface area contributed by atoms with Gasteiger partial charge in [-0.25, -0.2) is 0 Å². The summed E-state index contributed by atoms with van der Waals surface area (Å²) in [6.07, 6.45) is 4.10. The van der Waals surface area contributed by atoms with Crippen molar-refractivity contribution < 1.29 is 9.53 Å². The van der Waals surface area contributed by atoms with Crippen molar-refractivity contribution in [3.63, 3.8) is 0 Å². The molecule has 0 saturated carbocycles. The summed E-state index contributed by atoms with van der Waals surface area (Å²) in [4.78, 5) is 11.2. The minimum Gasteiger partial charge on any atom is -0.468 e. The van der Waals surface area contributed by atoms with Crippen molar-refractivity contribution >= 4 is 17.6 Å². The number of fused-ring (bicyclic) bond motifs is 1. The maximum absolute atomic E-state index is 11.2. The fraction of sp³-hybridized carbons (Fsp3) is 0.462. The number of methoxy groups -OCH3 is 1. The number of aryl methyl sites for hydroxylation is 2. The van der Waals surface area contributed by atoms with Crippen LogP contribution in [0.5, 0.6) is 0 Å². The largest absolute Gasteiger partial charge is 0.468 e. The van der Waals surface area contributed by atoms with Gasteiger partial charge in [-0.05, 0) is 42.4 Å². The average molecular weight is 239 g/mol. The standard InChI is InChI=1S/C13H15ClO2/c1-16-13(15)12(14)8-9-5-6-10-3-2-4-11(10)7-9/h5-7,12H,2-4,8H2,1H3. The molecule has 1 aliphatic carbocycles. The molecular weight excluding hydrogens is 224 g/mol. The molecule has 0 amide bonds. The lowest BCUT2D eigenvalue weighted by atomic mass is 10.0. The Labute approximate surface area is 101 Å². The second-order valence-corrected chi connectivity index (χ2v) is 4.68. The SMILES string of the molecule is COC(=O)C(Cl)Cc1ccc2c(c1)CCC2. The molecule has 2 nitrogen and oxygen atoms in total. The van der Waals surface area contributed by atoms with E-state index in [1.165, 1.54) is 31.1 Å². The molecule has 0 spiro atoms. The Morgan fingerprint density at radius 3 is 2.94 bits per heavy atom. The van der Waals surface area contributed by atoms with Crippen molar-refractivity contribution in [1.82, 2.24) is 0 Å². The molecule has 0 N–H and O–H groups in total. The summed E-state index contributed by atoms with van der Waals surface area (Å²) in [5.74, 6) is -0.359.